The molecule has 0 saturated carbocycles. The number of imidazole rings is 1. The zero-order valence-corrected chi connectivity index (χ0v) is 11.0. The Hall–Kier alpha value is -1.87. The molecular formula is C15H17N3. The lowest BCUT2D eigenvalue weighted by atomic mass is 10.2. The highest BCUT2D eigenvalue weighted by Crippen LogP contribution is 2.22. The van der Waals surface area contributed by atoms with Crippen LogP contribution in [0.25, 0.3) is 16.4 Å². The van der Waals surface area contributed by atoms with Crippen LogP contribution in [0.15, 0.2) is 36.5 Å². The van der Waals surface area contributed by atoms with Crippen LogP contribution in [0, 0.1) is 6.92 Å². The number of hydrogen-bond acceptors (Lipinski definition) is 2. The first-order valence-electron chi connectivity index (χ1n) is 6.17. The van der Waals surface area contributed by atoms with Gasteiger partial charge in [0, 0.05) is 18.1 Å². The Bertz CT molecular complexity index is 710. The molecule has 0 atom stereocenters. The summed E-state index contributed by atoms with van der Waals surface area (Å²) in [5, 5.41) is 2.46. The molecule has 0 aliphatic carbocycles. The molecule has 0 fully saturated rings. The minimum absolute atomic E-state index is 0.908. The lowest BCUT2D eigenvalue weighted by molar-refractivity contribution is 0.394. The minimum atomic E-state index is 0.908. The normalized spacial score (nSPS) is 11.8. The predicted molar refractivity (Wildman–Crippen MR) is 74.8 cm³/mol. The Morgan fingerprint density at radius 1 is 1.17 bits per heavy atom. The van der Waals surface area contributed by atoms with Crippen LogP contribution in [0.1, 0.15) is 11.4 Å². The van der Waals surface area contributed by atoms with Crippen molar-refractivity contribution < 1.29 is 0 Å². The second-order valence-corrected chi connectivity index (χ2v) is 4.98. The molecule has 3 aromatic rings. The van der Waals surface area contributed by atoms with Gasteiger partial charge in [0.25, 0.3) is 0 Å². The van der Waals surface area contributed by atoms with E-state index >= 15 is 0 Å². The fourth-order valence-electron chi connectivity index (χ4n) is 2.42. The second-order valence-electron chi connectivity index (χ2n) is 4.98. The summed E-state index contributed by atoms with van der Waals surface area (Å²) >= 11 is 0. The third-order valence-corrected chi connectivity index (χ3v) is 3.28. The summed E-state index contributed by atoms with van der Waals surface area (Å²) in [6, 6.07) is 10.6. The van der Waals surface area contributed by atoms with Crippen molar-refractivity contribution in [3.8, 4) is 0 Å². The predicted octanol–water partition coefficient (Wildman–Crippen LogP) is 2.86. The number of pyridine rings is 1. The van der Waals surface area contributed by atoms with Crippen LogP contribution in [-0.2, 0) is 6.54 Å². The summed E-state index contributed by atoms with van der Waals surface area (Å²) in [5.74, 6) is 0. The molecule has 0 aliphatic rings. The fourth-order valence-corrected chi connectivity index (χ4v) is 2.42. The highest BCUT2D eigenvalue weighted by atomic mass is 15.1. The van der Waals surface area contributed by atoms with Crippen molar-refractivity contribution in [3.05, 3.63) is 47.9 Å². The number of nitrogens with zero attached hydrogens (tertiary/aromatic N) is 3. The van der Waals surface area contributed by atoms with E-state index in [2.05, 4.69) is 66.8 Å². The maximum atomic E-state index is 4.73. The first-order chi connectivity index (χ1) is 8.66. The van der Waals surface area contributed by atoms with Crippen LogP contribution < -0.4 is 0 Å². The van der Waals surface area contributed by atoms with Gasteiger partial charge in [0.05, 0.1) is 11.4 Å². The maximum absolute atomic E-state index is 4.73. The Morgan fingerprint density at radius 2 is 1.94 bits per heavy atom. The molecule has 0 spiro atoms. The zero-order chi connectivity index (χ0) is 12.7. The number of aromatic nitrogens is 2. The van der Waals surface area contributed by atoms with Crippen LogP contribution in [-0.4, -0.2) is 28.4 Å². The average molecular weight is 239 g/mol. The Kier molecular flexibility index (Phi) is 2.56. The van der Waals surface area contributed by atoms with Crippen LogP contribution in [0.3, 0.4) is 0 Å². The molecule has 0 aliphatic heterocycles. The van der Waals surface area contributed by atoms with Gasteiger partial charge in [-0.3, -0.25) is 0 Å². The summed E-state index contributed by atoms with van der Waals surface area (Å²) in [5.41, 5.74) is 3.43. The molecule has 0 unspecified atom stereocenters. The van der Waals surface area contributed by atoms with Crippen molar-refractivity contribution in [3.63, 3.8) is 0 Å². The van der Waals surface area contributed by atoms with Gasteiger partial charge in [-0.2, -0.15) is 0 Å². The van der Waals surface area contributed by atoms with E-state index in [0.29, 0.717) is 0 Å². The highest BCUT2D eigenvalue weighted by molar-refractivity contribution is 5.94. The van der Waals surface area contributed by atoms with E-state index in [1.807, 2.05) is 0 Å². The number of hydrogen-bond donors (Lipinski definition) is 0. The lowest BCUT2D eigenvalue weighted by Gasteiger charge is -2.10. The van der Waals surface area contributed by atoms with E-state index in [9.17, 15) is 0 Å². The quantitative estimate of drug-likeness (QED) is 0.685. The van der Waals surface area contributed by atoms with Crippen molar-refractivity contribution in [2.75, 3.05) is 14.1 Å². The van der Waals surface area contributed by atoms with Gasteiger partial charge in [0.2, 0.25) is 0 Å². The summed E-state index contributed by atoms with van der Waals surface area (Å²) in [7, 11) is 4.17. The van der Waals surface area contributed by atoms with E-state index in [1.54, 1.807) is 0 Å². The van der Waals surface area contributed by atoms with Crippen LogP contribution in [0.2, 0.25) is 0 Å². The van der Waals surface area contributed by atoms with Crippen molar-refractivity contribution >= 4 is 16.4 Å². The van der Waals surface area contributed by atoms with Crippen molar-refractivity contribution in [2.45, 2.75) is 13.5 Å². The molecule has 2 aromatic heterocycles. The smallest absolute Gasteiger partial charge is 0.145 e. The molecule has 0 amide bonds. The number of fused-ring (bicyclic) bond motifs is 3. The number of rotatable bonds is 2. The van der Waals surface area contributed by atoms with Crippen LogP contribution in [0.4, 0.5) is 0 Å². The molecule has 0 bridgehead atoms. The minimum Gasteiger partial charge on any atom is -0.304 e. The number of benzene rings is 1. The van der Waals surface area contributed by atoms with E-state index < -0.39 is 0 Å². The van der Waals surface area contributed by atoms with Crippen molar-refractivity contribution in [1.82, 2.24) is 14.3 Å². The summed E-state index contributed by atoms with van der Waals surface area (Å²) in [6.45, 7) is 2.99. The number of aryl methyl sites for hydroxylation is 1. The standard InChI is InChI=1S/C15H17N3/c1-11-14(10-17(2)3)18-9-8-12-6-4-5-7-13(12)15(18)16-11/h4-9H,10H2,1-3H3. The van der Waals surface area contributed by atoms with Gasteiger partial charge >= 0.3 is 0 Å². The first-order valence-corrected chi connectivity index (χ1v) is 6.17. The molecular weight excluding hydrogens is 222 g/mol. The zero-order valence-electron chi connectivity index (χ0n) is 11.0. The lowest BCUT2D eigenvalue weighted by Crippen LogP contribution is -2.13. The Balaban J connectivity index is 2.34. The summed E-state index contributed by atoms with van der Waals surface area (Å²) in [4.78, 5) is 6.90. The summed E-state index contributed by atoms with van der Waals surface area (Å²) in [6.07, 6.45) is 2.12. The van der Waals surface area contributed by atoms with E-state index in [4.69, 9.17) is 4.98 Å². The second kappa shape index (κ2) is 4.10. The topological polar surface area (TPSA) is 20.5 Å². The molecule has 3 rings (SSSR count). The molecule has 0 N–H and O–H groups in total. The van der Waals surface area contributed by atoms with Crippen molar-refractivity contribution in [1.29, 1.82) is 0 Å². The van der Waals surface area contributed by atoms with Crippen molar-refractivity contribution in [2.24, 2.45) is 0 Å². The molecule has 3 nitrogen and oxygen atoms in total. The Morgan fingerprint density at radius 3 is 2.72 bits per heavy atom. The molecule has 2 heterocycles. The third-order valence-electron chi connectivity index (χ3n) is 3.28. The largest absolute Gasteiger partial charge is 0.304 e. The molecule has 0 saturated heterocycles. The van der Waals surface area contributed by atoms with Crippen LogP contribution in [0.5, 0.6) is 0 Å². The van der Waals surface area contributed by atoms with Gasteiger partial charge < -0.3 is 9.30 Å². The van der Waals surface area contributed by atoms with Crippen LogP contribution >= 0.6 is 0 Å². The molecule has 92 valence electrons. The molecule has 1 aromatic carbocycles. The van der Waals surface area contributed by atoms with E-state index in [1.165, 1.54) is 16.5 Å². The van der Waals surface area contributed by atoms with E-state index in [0.717, 1.165) is 17.9 Å². The fraction of sp³-hybridized carbons (Fsp3) is 0.267. The maximum Gasteiger partial charge on any atom is 0.145 e. The molecule has 18 heavy (non-hydrogen) atoms. The molecule has 0 radical (unpaired) electrons. The first kappa shape index (κ1) is 11.2. The monoisotopic (exact) mass is 239 g/mol. The average Bonchev–Trinajstić information content (AvgIpc) is 2.66. The van der Waals surface area contributed by atoms with Gasteiger partial charge in [0.15, 0.2) is 0 Å². The molecule has 3 heteroatoms. The summed E-state index contributed by atoms with van der Waals surface area (Å²) < 4.78 is 2.21. The van der Waals surface area contributed by atoms with Gasteiger partial charge in [-0.25, -0.2) is 4.98 Å². The van der Waals surface area contributed by atoms with Gasteiger partial charge in [-0.05, 0) is 32.5 Å². The van der Waals surface area contributed by atoms with Gasteiger partial charge in [-0.15, -0.1) is 0 Å². The van der Waals surface area contributed by atoms with Gasteiger partial charge in [-0.1, -0.05) is 24.3 Å². The van der Waals surface area contributed by atoms with E-state index in [-0.39, 0.29) is 0 Å². The Labute approximate surface area is 107 Å². The highest BCUT2D eigenvalue weighted by Gasteiger charge is 2.11. The third kappa shape index (κ3) is 1.68. The van der Waals surface area contributed by atoms with Gasteiger partial charge in [0.1, 0.15) is 5.65 Å². The SMILES string of the molecule is Cc1nc2c3ccccc3ccn2c1CN(C)C.